The lowest BCUT2D eigenvalue weighted by molar-refractivity contribution is -0.141. The molecule has 6 nitrogen and oxygen atoms in total. The SMILES string of the molecule is COc1ccc2c(c1)OCC(C(=O)N1CCC(C(=O)O)C1)C2.Cl. The largest absolute Gasteiger partial charge is 0.497 e. The molecule has 1 saturated heterocycles. The monoisotopic (exact) mass is 341 g/mol. The van der Waals surface area contributed by atoms with Gasteiger partial charge in [-0.05, 0) is 24.5 Å². The van der Waals surface area contributed by atoms with Crippen molar-refractivity contribution in [2.24, 2.45) is 11.8 Å². The molecule has 1 N–H and O–H groups in total. The van der Waals surface area contributed by atoms with E-state index in [9.17, 15) is 9.59 Å². The summed E-state index contributed by atoms with van der Waals surface area (Å²) in [4.78, 5) is 25.2. The molecular formula is C16H20ClNO5. The third-order valence-electron chi connectivity index (χ3n) is 4.38. The molecule has 2 aliphatic rings. The number of carboxylic acid groups (broad SMARTS) is 1. The summed E-state index contributed by atoms with van der Waals surface area (Å²) >= 11 is 0. The molecule has 0 spiro atoms. The highest BCUT2D eigenvalue weighted by atomic mass is 35.5. The van der Waals surface area contributed by atoms with Gasteiger partial charge < -0.3 is 19.5 Å². The highest BCUT2D eigenvalue weighted by molar-refractivity contribution is 5.85. The maximum Gasteiger partial charge on any atom is 0.308 e. The number of fused-ring (bicyclic) bond motifs is 1. The Morgan fingerprint density at radius 2 is 2.13 bits per heavy atom. The topological polar surface area (TPSA) is 76.1 Å². The van der Waals surface area contributed by atoms with Crippen LogP contribution in [-0.4, -0.2) is 48.7 Å². The van der Waals surface area contributed by atoms with Gasteiger partial charge in [0.15, 0.2) is 0 Å². The zero-order chi connectivity index (χ0) is 15.7. The Kier molecular flexibility index (Phi) is 5.36. The number of amides is 1. The zero-order valence-electron chi connectivity index (χ0n) is 12.9. The molecule has 2 aliphatic heterocycles. The Labute approximate surface area is 140 Å². The molecule has 1 fully saturated rings. The van der Waals surface area contributed by atoms with Gasteiger partial charge in [-0.25, -0.2) is 0 Å². The predicted octanol–water partition coefficient (Wildman–Crippen LogP) is 1.60. The van der Waals surface area contributed by atoms with Crippen molar-refractivity contribution in [2.45, 2.75) is 12.8 Å². The van der Waals surface area contributed by atoms with E-state index in [0.29, 0.717) is 32.5 Å². The molecule has 0 saturated carbocycles. The number of ether oxygens (including phenoxy) is 2. The maximum absolute atomic E-state index is 12.5. The van der Waals surface area contributed by atoms with Gasteiger partial charge in [0, 0.05) is 19.2 Å². The molecule has 2 atom stereocenters. The quantitative estimate of drug-likeness (QED) is 0.903. The number of benzene rings is 1. The van der Waals surface area contributed by atoms with Crippen molar-refractivity contribution >= 4 is 24.3 Å². The second kappa shape index (κ2) is 7.08. The first-order valence-electron chi connectivity index (χ1n) is 7.40. The third-order valence-corrected chi connectivity index (χ3v) is 4.38. The number of carboxylic acids is 1. The molecule has 3 rings (SSSR count). The number of rotatable bonds is 3. The summed E-state index contributed by atoms with van der Waals surface area (Å²) in [5.41, 5.74) is 0.986. The Hall–Kier alpha value is -1.95. The molecule has 2 heterocycles. The van der Waals surface area contributed by atoms with Crippen LogP contribution in [0.2, 0.25) is 0 Å². The van der Waals surface area contributed by atoms with Crippen molar-refractivity contribution in [3.63, 3.8) is 0 Å². The van der Waals surface area contributed by atoms with Crippen molar-refractivity contribution in [2.75, 3.05) is 26.8 Å². The van der Waals surface area contributed by atoms with E-state index >= 15 is 0 Å². The molecule has 0 aliphatic carbocycles. The van der Waals surface area contributed by atoms with E-state index < -0.39 is 11.9 Å². The van der Waals surface area contributed by atoms with Gasteiger partial charge in [-0.3, -0.25) is 9.59 Å². The Morgan fingerprint density at radius 1 is 1.35 bits per heavy atom. The molecule has 126 valence electrons. The van der Waals surface area contributed by atoms with E-state index in [1.807, 2.05) is 18.2 Å². The Balaban J connectivity index is 0.00000192. The fraction of sp³-hybridized carbons (Fsp3) is 0.500. The van der Waals surface area contributed by atoms with E-state index in [0.717, 1.165) is 17.1 Å². The van der Waals surface area contributed by atoms with Gasteiger partial charge in [0.1, 0.15) is 18.1 Å². The predicted molar refractivity (Wildman–Crippen MR) is 85.3 cm³/mol. The first-order chi connectivity index (χ1) is 10.6. The second-order valence-corrected chi connectivity index (χ2v) is 5.79. The van der Waals surface area contributed by atoms with Crippen molar-refractivity contribution in [3.8, 4) is 11.5 Å². The zero-order valence-corrected chi connectivity index (χ0v) is 13.7. The van der Waals surface area contributed by atoms with E-state index in [1.165, 1.54) is 0 Å². The fourth-order valence-electron chi connectivity index (χ4n) is 3.06. The number of hydrogen-bond donors (Lipinski definition) is 1. The van der Waals surface area contributed by atoms with Crippen LogP contribution in [0.25, 0.3) is 0 Å². The van der Waals surface area contributed by atoms with Gasteiger partial charge in [-0.15, -0.1) is 12.4 Å². The van der Waals surface area contributed by atoms with Crippen molar-refractivity contribution in [3.05, 3.63) is 23.8 Å². The minimum absolute atomic E-state index is 0. The summed E-state index contributed by atoms with van der Waals surface area (Å²) < 4.78 is 10.8. The van der Waals surface area contributed by atoms with Crippen LogP contribution in [0.1, 0.15) is 12.0 Å². The van der Waals surface area contributed by atoms with Crippen LogP contribution in [0, 0.1) is 11.8 Å². The van der Waals surface area contributed by atoms with Gasteiger partial charge in [-0.2, -0.15) is 0 Å². The van der Waals surface area contributed by atoms with E-state index in [-0.39, 0.29) is 24.2 Å². The van der Waals surface area contributed by atoms with Crippen molar-refractivity contribution < 1.29 is 24.2 Å². The molecular weight excluding hydrogens is 322 g/mol. The number of carbonyl (C=O) groups is 2. The van der Waals surface area contributed by atoms with Crippen LogP contribution < -0.4 is 9.47 Å². The summed E-state index contributed by atoms with van der Waals surface area (Å²) in [6, 6.07) is 5.59. The summed E-state index contributed by atoms with van der Waals surface area (Å²) in [6.07, 6.45) is 1.15. The molecule has 0 radical (unpaired) electrons. The number of carbonyl (C=O) groups excluding carboxylic acids is 1. The van der Waals surface area contributed by atoms with Crippen LogP contribution in [-0.2, 0) is 16.0 Å². The first-order valence-corrected chi connectivity index (χ1v) is 7.40. The smallest absolute Gasteiger partial charge is 0.308 e. The van der Waals surface area contributed by atoms with Gasteiger partial charge in [-0.1, -0.05) is 6.07 Å². The maximum atomic E-state index is 12.5. The number of hydrogen-bond acceptors (Lipinski definition) is 4. The third kappa shape index (κ3) is 3.52. The molecule has 0 aromatic heterocycles. The van der Waals surface area contributed by atoms with E-state index in [1.54, 1.807) is 12.0 Å². The normalized spacial score (nSPS) is 22.6. The van der Waals surface area contributed by atoms with Crippen molar-refractivity contribution in [1.29, 1.82) is 0 Å². The number of nitrogens with zero attached hydrogens (tertiary/aromatic N) is 1. The minimum Gasteiger partial charge on any atom is -0.497 e. The highest BCUT2D eigenvalue weighted by Crippen LogP contribution is 2.32. The number of halogens is 1. The van der Waals surface area contributed by atoms with E-state index in [2.05, 4.69) is 0 Å². The number of likely N-dealkylation sites (tertiary alicyclic amines) is 1. The van der Waals surface area contributed by atoms with Gasteiger partial charge in [0.05, 0.1) is 18.9 Å². The lowest BCUT2D eigenvalue weighted by Crippen LogP contribution is -2.40. The molecule has 1 aromatic carbocycles. The molecule has 7 heteroatoms. The highest BCUT2D eigenvalue weighted by Gasteiger charge is 2.35. The second-order valence-electron chi connectivity index (χ2n) is 5.79. The standard InChI is InChI=1S/C16H19NO5.ClH/c1-21-13-3-2-10-6-12(9-22-14(10)7-13)15(18)17-5-4-11(8-17)16(19)20;/h2-3,7,11-12H,4-6,8-9H2,1H3,(H,19,20);1H. The van der Waals surface area contributed by atoms with Crippen molar-refractivity contribution in [1.82, 2.24) is 4.90 Å². The average Bonchev–Trinajstić information content (AvgIpc) is 3.03. The summed E-state index contributed by atoms with van der Waals surface area (Å²) in [7, 11) is 1.60. The van der Waals surface area contributed by atoms with Crippen LogP contribution >= 0.6 is 12.4 Å². The van der Waals surface area contributed by atoms with Crippen LogP contribution in [0.15, 0.2) is 18.2 Å². The van der Waals surface area contributed by atoms with E-state index in [4.69, 9.17) is 14.6 Å². The summed E-state index contributed by atoms with van der Waals surface area (Å²) in [5.74, 6) is -0.0306. The summed E-state index contributed by atoms with van der Waals surface area (Å²) in [6.45, 7) is 1.15. The van der Waals surface area contributed by atoms with Crippen LogP contribution in [0.4, 0.5) is 0 Å². The van der Waals surface area contributed by atoms with Gasteiger partial charge in [0.2, 0.25) is 5.91 Å². The molecule has 1 aromatic rings. The van der Waals surface area contributed by atoms with Crippen LogP contribution in [0.5, 0.6) is 11.5 Å². The lowest BCUT2D eigenvalue weighted by Gasteiger charge is -2.28. The molecule has 2 unspecified atom stereocenters. The number of methoxy groups -OCH3 is 1. The molecule has 1 amide bonds. The number of aliphatic carboxylic acids is 1. The van der Waals surface area contributed by atoms with Crippen LogP contribution in [0.3, 0.4) is 0 Å². The Morgan fingerprint density at radius 3 is 2.78 bits per heavy atom. The first kappa shape index (κ1) is 17.4. The Bertz CT molecular complexity index is 606. The molecule has 23 heavy (non-hydrogen) atoms. The van der Waals surface area contributed by atoms with Gasteiger partial charge in [0.25, 0.3) is 0 Å². The fourth-order valence-corrected chi connectivity index (χ4v) is 3.06. The molecule has 0 bridgehead atoms. The van der Waals surface area contributed by atoms with Gasteiger partial charge >= 0.3 is 5.97 Å². The minimum atomic E-state index is -0.826. The lowest BCUT2D eigenvalue weighted by atomic mass is 9.95. The average molecular weight is 342 g/mol. The summed E-state index contributed by atoms with van der Waals surface area (Å²) in [5, 5.41) is 9.03.